The highest BCUT2D eigenvalue weighted by Gasteiger charge is 2.23. The fraction of sp³-hybridized carbons (Fsp3) is 0.462. The molecule has 0 bridgehead atoms. The largest absolute Gasteiger partial charge is 0.398 e. The van der Waals surface area contributed by atoms with Crippen molar-refractivity contribution in [2.45, 2.75) is 43.0 Å². The quantitative estimate of drug-likeness (QED) is 0.718. The Morgan fingerprint density at radius 3 is 2.40 bits per heavy atom. The van der Waals surface area contributed by atoms with Crippen LogP contribution >= 0.6 is 0 Å². The van der Waals surface area contributed by atoms with Crippen LogP contribution in [0.4, 0.5) is 5.69 Å². The Morgan fingerprint density at radius 1 is 1.20 bits per heavy atom. The van der Waals surface area contributed by atoms with E-state index in [-0.39, 0.29) is 22.2 Å². The molecule has 1 amide bonds. The summed E-state index contributed by atoms with van der Waals surface area (Å²) in [6.45, 7) is 0. The van der Waals surface area contributed by atoms with E-state index >= 15 is 0 Å². The van der Waals surface area contributed by atoms with Crippen molar-refractivity contribution in [1.82, 2.24) is 4.72 Å². The summed E-state index contributed by atoms with van der Waals surface area (Å²) >= 11 is 0. The van der Waals surface area contributed by atoms with Gasteiger partial charge in [-0.05, 0) is 31.0 Å². The van der Waals surface area contributed by atoms with Gasteiger partial charge in [0.25, 0.3) is 0 Å². The minimum Gasteiger partial charge on any atom is -0.398 e. The van der Waals surface area contributed by atoms with Crippen molar-refractivity contribution < 1.29 is 13.2 Å². The summed E-state index contributed by atoms with van der Waals surface area (Å²) in [6.07, 6.45) is 4.90. The summed E-state index contributed by atoms with van der Waals surface area (Å²) in [5.41, 5.74) is 11.1. The van der Waals surface area contributed by atoms with Gasteiger partial charge in [0.2, 0.25) is 15.9 Å². The number of carbonyl (C=O) groups excluding carboxylic acids is 1. The topological polar surface area (TPSA) is 115 Å². The lowest BCUT2D eigenvalue weighted by Gasteiger charge is -2.23. The molecule has 1 aromatic rings. The van der Waals surface area contributed by atoms with Gasteiger partial charge in [0.05, 0.1) is 5.69 Å². The molecule has 0 atom stereocenters. The van der Waals surface area contributed by atoms with E-state index in [9.17, 15) is 13.2 Å². The first-order valence-corrected chi connectivity index (χ1v) is 8.10. The fourth-order valence-electron chi connectivity index (χ4n) is 2.45. The maximum atomic E-state index is 12.3. The lowest BCUT2D eigenvalue weighted by molar-refractivity contribution is 0.1000. The number of hydrogen-bond acceptors (Lipinski definition) is 4. The van der Waals surface area contributed by atoms with E-state index in [1.54, 1.807) is 0 Å². The molecule has 2 rings (SSSR count). The Morgan fingerprint density at radius 2 is 1.85 bits per heavy atom. The number of nitrogens with two attached hydrogens (primary N) is 2. The maximum Gasteiger partial charge on any atom is 0.248 e. The van der Waals surface area contributed by atoms with E-state index in [0.717, 1.165) is 32.1 Å². The number of sulfonamides is 1. The first kappa shape index (κ1) is 14.8. The molecule has 0 saturated heterocycles. The minimum atomic E-state index is -3.66. The van der Waals surface area contributed by atoms with Crippen LogP contribution in [-0.2, 0) is 10.0 Å². The molecule has 5 N–H and O–H groups in total. The van der Waals surface area contributed by atoms with E-state index in [1.165, 1.54) is 18.2 Å². The number of primary amides is 1. The van der Waals surface area contributed by atoms with E-state index in [0.29, 0.717) is 0 Å². The van der Waals surface area contributed by atoms with Crippen LogP contribution in [0.5, 0.6) is 0 Å². The lowest BCUT2D eigenvalue weighted by atomic mass is 9.96. The third-order valence-corrected chi connectivity index (χ3v) is 5.11. The number of hydrogen-bond donors (Lipinski definition) is 3. The van der Waals surface area contributed by atoms with Crippen molar-refractivity contribution in [3.63, 3.8) is 0 Å². The SMILES string of the molecule is NC(=O)c1ccc(S(=O)(=O)NC2CCCCC2)c(N)c1. The average molecular weight is 297 g/mol. The molecule has 1 aliphatic rings. The number of rotatable bonds is 4. The monoisotopic (exact) mass is 297 g/mol. The molecule has 1 fully saturated rings. The van der Waals surface area contributed by atoms with Crippen LogP contribution in [0, 0.1) is 0 Å². The molecule has 0 aromatic heterocycles. The van der Waals surface area contributed by atoms with E-state index in [4.69, 9.17) is 11.5 Å². The van der Waals surface area contributed by atoms with Crippen LogP contribution in [0.15, 0.2) is 23.1 Å². The van der Waals surface area contributed by atoms with Gasteiger partial charge in [-0.2, -0.15) is 0 Å². The Labute approximate surface area is 118 Å². The summed E-state index contributed by atoms with van der Waals surface area (Å²) in [7, 11) is -3.66. The number of nitrogen functional groups attached to an aromatic ring is 1. The fourth-order valence-corrected chi connectivity index (χ4v) is 3.87. The summed E-state index contributed by atoms with van der Waals surface area (Å²) in [4.78, 5) is 11.0. The lowest BCUT2D eigenvalue weighted by Crippen LogP contribution is -2.36. The van der Waals surface area contributed by atoms with Crippen molar-refractivity contribution in [2.24, 2.45) is 5.73 Å². The Kier molecular flexibility index (Phi) is 4.29. The molecular formula is C13H19N3O3S. The molecule has 1 saturated carbocycles. The highest BCUT2D eigenvalue weighted by atomic mass is 32.2. The number of carbonyl (C=O) groups is 1. The van der Waals surface area contributed by atoms with E-state index in [1.807, 2.05) is 0 Å². The van der Waals surface area contributed by atoms with Gasteiger partial charge >= 0.3 is 0 Å². The van der Waals surface area contributed by atoms with Gasteiger partial charge in [0.15, 0.2) is 0 Å². The molecule has 1 aromatic carbocycles. The number of benzene rings is 1. The third-order valence-electron chi connectivity index (χ3n) is 3.51. The van der Waals surface area contributed by atoms with Gasteiger partial charge in [-0.25, -0.2) is 13.1 Å². The zero-order valence-electron chi connectivity index (χ0n) is 11.1. The van der Waals surface area contributed by atoms with Crippen molar-refractivity contribution >= 4 is 21.6 Å². The predicted octanol–water partition coefficient (Wildman–Crippen LogP) is 0.979. The average Bonchev–Trinajstić information content (AvgIpc) is 2.38. The Balaban J connectivity index is 2.22. The molecule has 7 heteroatoms. The number of anilines is 1. The van der Waals surface area contributed by atoms with Crippen LogP contribution in [0.25, 0.3) is 0 Å². The molecule has 0 heterocycles. The van der Waals surface area contributed by atoms with E-state index < -0.39 is 15.9 Å². The Bertz CT molecular complexity index is 607. The van der Waals surface area contributed by atoms with Crippen LogP contribution in [0.1, 0.15) is 42.5 Å². The van der Waals surface area contributed by atoms with Crippen LogP contribution in [0.2, 0.25) is 0 Å². The minimum absolute atomic E-state index is 0.00641. The standard InChI is InChI=1S/C13H19N3O3S/c14-11-8-9(13(15)17)6-7-12(11)20(18,19)16-10-4-2-1-3-5-10/h6-8,10,16H,1-5,14H2,(H2,15,17). The molecule has 0 spiro atoms. The van der Waals surface area contributed by atoms with E-state index in [2.05, 4.69) is 4.72 Å². The third kappa shape index (κ3) is 3.29. The van der Waals surface area contributed by atoms with Crippen molar-refractivity contribution in [3.8, 4) is 0 Å². The smallest absolute Gasteiger partial charge is 0.248 e. The van der Waals surface area contributed by atoms with Gasteiger partial charge in [0.1, 0.15) is 4.90 Å². The maximum absolute atomic E-state index is 12.3. The molecule has 0 aliphatic heterocycles. The normalized spacial score (nSPS) is 17.0. The molecular weight excluding hydrogens is 278 g/mol. The van der Waals surface area contributed by atoms with Crippen LogP contribution in [0.3, 0.4) is 0 Å². The van der Waals surface area contributed by atoms with Crippen molar-refractivity contribution in [2.75, 3.05) is 5.73 Å². The summed E-state index contributed by atoms with van der Waals surface area (Å²) < 4.78 is 27.3. The highest BCUT2D eigenvalue weighted by molar-refractivity contribution is 7.89. The van der Waals surface area contributed by atoms with Gasteiger partial charge in [-0.3, -0.25) is 4.79 Å². The molecule has 20 heavy (non-hydrogen) atoms. The first-order valence-electron chi connectivity index (χ1n) is 6.62. The Hall–Kier alpha value is -1.60. The number of nitrogens with one attached hydrogen (secondary N) is 1. The summed E-state index contributed by atoms with van der Waals surface area (Å²) in [6, 6.07) is 3.94. The van der Waals surface area contributed by atoms with Gasteiger partial charge in [0, 0.05) is 11.6 Å². The van der Waals surface area contributed by atoms with Crippen LogP contribution < -0.4 is 16.2 Å². The highest BCUT2D eigenvalue weighted by Crippen LogP contribution is 2.23. The van der Waals surface area contributed by atoms with Gasteiger partial charge in [-0.1, -0.05) is 19.3 Å². The predicted molar refractivity (Wildman–Crippen MR) is 76.6 cm³/mol. The molecule has 110 valence electrons. The zero-order chi connectivity index (χ0) is 14.8. The van der Waals surface area contributed by atoms with Gasteiger partial charge < -0.3 is 11.5 Å². The second kappa shape index (κ2) is 5.80. The molecule has 1 aliphatic carbocycles. The number of amides is 1. The molecule has 0 unspecified atom stereocenters. The molecule has 6 nitrogen and oxygen atoms in total. The second-order valence-electron chi connectivity index (χ2n) is 5.07. The molecule has 0 radical (unpaired) electrons. The van der Waals surface area contributed by atoms with Crippen molar-refractivity contribution in [3.05, 3.63) is 23.8 Å². The van der Waals surface area contributed by atoms with Crippen LogP contribution in [-0.4, -0.2) is 20.4 Å². The zero-order valence-corrected chi connectivity index (χ0v) is 11.9. The summed E-state index contributed by atoms with van der Waals surface area (Å²) in [5.74, 6) is -0.638. The van der Waals surface area contributed by atoms with Gasteiger partial charge in [-0.15, -0.1) is 0 Å². The first-order chi connectivity index (χ1) is 9.40. The van der Waals surface area contributed by atoms with Crippen molar-refractivity contribution in [1.29, 1.82) is 0 Å². The summed E-state index contributed by atoms with van der Waals surface area (Å²) in [5, 5.41) is 0. The second-order valence-corrected chi connectivity index (χ2v) is 6.76.